The molecule has 13 rings (SSSR count). The Balaban J connectivity index is 0.911. The normalized spacial score (nSPS) is 12.7. The molecule has 7 nitrogen and oxygen atoms in total. The van der Waals surface area contributed by atoms with E-state index in [4.69, 9.17) is 29.2 Å². The van der Waals surface area contributed by atoms with Gasteiger partial charge < -0.3 is 19.6 Å². The highest BCUT2D eigenvalue weighted by Gasteiger charge is 2.46. The minimum Gasteiger partial charge on any atom is -0.456 e. The van der Waals surface area contributed by atoms with Crippen molar-refractivity contribution < 1.29 is 8.83 Å². The average Bonchev–Trinajstić information content (AvgIpc) is 4.06. The zero-order valence-corrected chi connectivity index (χ0v) is 35.4. The van der Waals surface area contributed by atoms with Gasteiger partial charge in [-0.2, -0.15) is 0 Å². The summed E-state index contributed by atoms with van der Waals surface area (Å²) in [5.74, 6) is 1.61. The highest BCUT2D eigenvalue weighted by atomic mass is 16.3. The minimum atomic E-state index is -0.554. The number of fused-ring (bicyclic) bond motifs is 9. The molecule has 0 bridgehead atoms. The highest BCUT2D eigenvalue weighted by molar-refractivity contribution is 6.13. The molecule has 310 valence electrons. The predicted octanol–water partition coefficient (Wildman–Crippen LogP) is 14.8. The Morgan fingerprint density at radius 2 is 0.924 bits per heavy atom. The number of anilines is 2. The van der Waals surface area contributed by atoms with Crippen molar-refractivity contribution >= 4 is 61.5 Å². The van der Waals surface area contributed by atoms with Crippen molar-refractivity contribution in [2.24, 2.45) is 0 Å². The quantitative estimate of drug-likeness (QED) is 0.148. The van der Waals surface area contributed by atoms with E-state index in [1.54, 1.807) is 0 Å². The molecule has 7 heteroatoms. The van der Waals surface area contributed by atoms with Gasteiger partial charge >= 0.3 is 0 Å². The van der Waals surface area contributed by atoms with Crippen molar-refractivity contribution in [1.29, 1.82) is 5.41 Å². The predicted molar refractivity (Wildman–Crippen MR) is 266 cm³/mol. The van der Waals surface area contributed by atoms with E-state index >= 15 is 0 Å². The molecule has 66 heavy (non-hydrogen) atoms. The molecule has 0 amide bonds. The number of rotatable bonds is 8. The molecule has 0 spiro atoms. The van der Waals surface area contributed by atoms with Gasteiger partial charge in [-0.05, 0) is 94.0 Å². The lowest BCUT2D eigenvalue weighted by Crippen LogP contribution is -2.28. The molecular formula is C59H37N5O2. The summed E-state index contributed by atoms with van der Waals surface area (Å²) in [7, 11) is 0. The van der Waals surface area contributed by atoms with E-state index in [9.17, 15) is 0 Å². The van der Waals surface area contributed by atoms with Crippen LogP contribution < -0.4 is 5.32 Å². The van der Waals surface area contributed by atoms with Crippen LogP contribution in [0.1, 0.15) is 27.8 Å². The summed E-state index contributed by atoms with van der Waals surface area (Å²) in [4.78, 5) is 15.6. The van der Waals surface area contributed by atoms with Crippen LogP contribution in [0.15, 0.2) is 215 Å². The second kappa shape index (κ2) is 14.8. The molecule has 0 radical (unpaired) electrons. The van der Waals surface area contributed by atoms with Crippen molar-refractivity contribution in [1.82, 2.24) is 15.0 Å². The number of hydrogen-bond acceptors (Lipinski definition) is 7. The van der Waals surface area contributed by atoms with Gasteiger partial charge in [0, 0.05) is 61.4 Å². The molecule has 0 unspecified atom stereocenters. The summed E-state index contributed by atoms with van der Waals surface area (Å²) in [5.41, 5.74) is 14.8. The van der Waals surface area contributed by atoms with Crippen molar-refractivity contribution in [2.45, 2.75) is 5.41 Å². The van der Waals surface area contributed by atoms with Gasteiger partial charge in [-0.3, -0.25) is 0 Å². The van der Waals surface area contributed by atoms with Crippen LogP contribution in [0.5, 0.6) is 0 Å². The van der Waals surface area contributed by atoms with Crippen LogP contribution in [-0.4, -0.2) is 21.2 Å². The molecule has 9 aromatic carbocycles. The first kappa shape index (κ1) is 37.6. The van der Waals surface area contributed by atoms with E-state index in [-0.39, 0.29) is 0 Å². The minimum absolute atomic E-state index is 0.532. The lowest BCUT2D eigenvalue weighted by Gasteiger charge is -2.34. The molecule has 12 aromatic rings. The molecule has 2 N–H and O–H groups in total. The lowest BCUT2D eigenvalue weighted by atomic mass is 9.67. The summed E-state index contributed by atoms with van der Waals surface area (Å²) < 4.78 is 12.6. The fourth-order valence-corrected chi connectivity index (χ4v) is 10.3. The monoisotopic (exact) mass is 847 g/mol. The van der Waals surface area contributed by atoms with Gasteiger partial charge in [-0.25, -0.2) is 15.0 Å². The Hall–Kier alpha value is -8.94. The third kappa shape index (κ3) is 5.70. The van der Waals surface area contributed by atoms with Gasteiger partial charge in [0.25, 0.3) is 0 Å². The molecule has 1 aliphatic carbocycles. The van der Waals surface area contributed by atoms with E-state index < -0.39 is 5.41 Å². The maximum Gasteiger partial charge on any atom is 0.164 e. The van der Waals surface area contributed by atoms with E-state index in [0.29, 0.717) is 17.5 Å². The summed E-state index contributed by atoms with van der Waals surface area (Å²) in [6, 6.07) is 70.9. The van der Waals surface area contributed by atoms with Crippen LogP contribution in [0.2, 0.25) is 0 Å². The van der Waals surface area contributed by atoms with Gasteiger partial charge in [0.2, 0.25) is 0 Å². The summed E-state index contributed by atoms with van der Waals surface area (Å²) in [6.45, 7) is 0. The zero-order valence-electron chi connectivity index (χ0n) is 35.4. The number of hydrogen-bond donors (Lipinski definition) is 2. The second-order valence-electron chi connectivity index (χ2n) is 16.7. The van der Waals surface area contributed by atoms with E-state index in [1.165, 1.54) is 34.0 Å². The third-order valence-electron chi connectivity index (χ3n) is 13.1. The number of benzene rings is 9. The van der Waals surface area contributed by atoms with E-state index in [1.807, 2.05) is 97.1 Å². The van der Waals surface area contributed by atoms with Crippen LogP contribution in [0.3, 0.4) is 0 Å². The van der Waals surface area contributed by atoms with Gasteiger partial charge in [-0.1, -0.05) is 146 Å². The fourth-order valence-electron chi connectivity index (χ4n) is 10.3. The fraction of sp³-hybridized carbons (Fsp3) is 0.0169. The standard InChI is InChI=1S/C59H37N5O2/c60-35-37-34-39(59(38-14-2-1-3-15-38)47-22-8-4-16-41(47)42-17-5-9-23-48(42)59)30-33-49(37)61-40-31-28-36(29-32-40)56-62-57(45-20-12-26-52-54(45)43-18-6-10-24-50(43)65-52)64-58(63-56)46-21-13-27-53-55(46)44-19-7-11-25-51(44)66-53/h1-35,60-61H. The molecule has 0 fully saturated rings. The lowest BCUT2D eigenvalue weighted by molar-refractivity contribution is 0.668. The molecule has 0 atom stereocenters. The van der Waals surface area contributed by atoms with Crippen LogP contribution in [0, 0.1) is 5.41 Å². The second-order valence-corrected chi connectivity index (χ2v) is 16.7. The SMILES string of the molecule is N=Cc1cc(C2(c3ccccc3)c3ccccc3-c3ccccc32)ccc1Nc1ccc(-c2nc(-c3cccc4oc5ccccc5c34)nc(-c3cccc4oc5ccccc5c34)n2)cc1. The first-order valence-corrected chi connectivity index (χ1v) is 22.0. The van der Waals surface area contributed by atoms with Crippen LogP contribution in [0.25, 0.3) is 89.2 Å². The summed E-state index contributed by atoms with van der Waals surface area (Å²) >= 11 is 0. The van der Waals surface area contributed by atoms with Crippen molar-refractivity contribution in [3.63, 3.8) is 0 Å². The first-order chi connectivity index (χ1) is 32.7. The van der Waals surface area contributed by atoms with E-state index in [0.717, 1.165) is 83.1 Å². The average molecular weight is 848 g/mol. The molecule has 0 aliphatic heterocycles. The Morgan fingerprint density at radius 3 is 1.52 bits per heavy atom. The van der Waals surface area contributed by atoms with Crippen LogP contribution in [0.4, 0.5) is 11.4 Å². The molecule has 3 aromatic heterocycles. The van der Waals surface area contributed by atoms with Gasteiger partial charge in [0.05, 0.1) is 5.41 Å². The molecule has 0 saturated carbocycles. The maximum atomic E-state index is 8.67. The first-order valence-electron chi connectivity index (χ1n) is 22.0. The maximum absolute atomic E-state index is 8.67. The number of para-hydroxylation sites is 2. The van der Waals surface area contributed by atoms with Crippen molar-refractivity contribution in [3.05, 3.63) is 234 Å². The summed E-state index contributed by atoms with van der Waals surface area (Å²) in [6.07, 6.45) is 1.44. The Morgan fingerprint density at radius 1 is 0.424 bits per heavy atom. The number of nitrogens with zero attached hydrogens (tertiary/aromatic N) is 3. The summed E-state index contributed by atoms with van der Waals surface area (Å²) in [5, 5.41) is 16.2. The largest absolute Gasteiger partial charge is 0.456 e. The number of aromatic nitrogens is 3. The topological polar surface area (TPSA) is 101 Å². The Kier molecular flexibility index (Phi) is 8.45. The Labute approximate surface area is 379 Å². The highest BCUT2D eigenvalue weighted by Crippen LogP contribution is 2.56. The van der Waals surface area contributed by atoms with Gasteiger partial charge in [0.15, 0.2) is 17.5 Å². The third-order valence-corrected chi connectivity index (χ3v) is 13.1. The van der Waals surface area contributed by atoms with Gasteiger partial charge in [0.1, 0.15) is 22.3 Å². The van der Waals surface area contributed by atoms with Crippen LogP contribution >= 0.6 is 0 Å². The van der Waals surface area contributed by atoms with E-state index in [2.05, 4.69) is 115 Å². The molecule has 3 heterocycles. The Bertz CT molecular complexity index is 3710. The zero-order chi connectivity index (χ0) is 43.8. The molecule has 0 saturated heterocycles. The van der Waals surface area contributed by atoms with Crippen molar-refractivity contribution in [2.75, 3.05) is 5.32 Å². The smallest absolute Gasteiger partial charge is 0.164 e. The number of nitrogens with one attached hydrogen (secondary N) is 2. The number of furan rings is 2. The van der Waals surface area contributed by atoms with Crippen molar-refractivity contribution in [3.8, 4) is 45.3 Å². The molecular weight excluding hydrogens is 811 g/mol. The molecule has 1 aliphatic rings. The van der Waals surface area contributed by atoms with Crippen LogP contribution in [-0.2, 0) is 5.41 Å². The van der Waals surface area contributed by atoms with Gasteiger partial charge in [-0.15, -0.1) is 0 Å².